The van der Waals surface area contributed by atoms with Crippen LogP contribution in [0, 0.1) is 18.2 Å². The van der Waals surface area contributed by atoms with E-state index in [4.69, 9.17) is 6.42 Å². The fourth-order valence-electron chi connectivity index (χ4n) is 2.62. The third-order valence-corrected chi connectivity index (χ3v) is 5.76. The summed E-state index contributed by atoms with van der Waals surface area (Å²) in [6.45, 7) is 6.50. The minimum atomic E-state index is -3.67. The molecule has 30 heavy (non-hydrogen) atoms. The summed E-state index contributed by atoms with van der Waals surface area (Å²) in [7, 11) is -3.67. The van der Waals surface area contributed by atoms with Gasteiger partial charge in [-0.05, 0) is 40.8 Å². The molecule has 0 aliphatic rings. The average Bonchev–Trinajstić information content (AvgIpc) is 2.65. The highest BCUT2D eigenvalue weighted by atomic mass is 32.2. The van der Waals surface area contributed by atoms with Gasteiger partial charge in [0.25, 0.3) is 0 Å². The first-order valence-corrected chi connectivity index (χ1v) is 12.0. The molecule has 8 heteroatoms. The molecule has 0 fully saturated rings. The van der Waals surface area contributed by atoms with Crippen molar-refractivity contribution in [2.75, 3.05) is 16.7 Å². The Morgan fingerprint density at radius 1 is 1.20 bits per heavy atom. The van der Waals surface area contributed by atoms with E-state index in [-0.39, 0.29) is 34.9 Å². The minimum absolute atomic E-state index is 0.0676. The molecule has 5 nitrogen and oxygen atoms in total. The summed E-state index contributed by atoms with van der Waals surface area (Å²) in [6, 6.07) is 10.7. The predicted molar refractivity (Wildman–Crippen MR) is 121 cm³/mol. The number of hydrogen-bond acceptors (Lipinski definition) is 4. The average molecular weight is 449 g/mol. The third-order valence-electron chi connectivity index (χ3n) is 4.17. The smallest absolute Gasteiger partial charge is 0.230 e. The zero-order chi connectivity index (χ0) is 22.5. The molecule has 0 saturated heterocycles. The van der Waals surface area contributed by atoms with Crippen molar-refractivity contribution in [1.82, 2.24) is 5.32 Å². The van der Waals surface area contributed by atoms with Crippen molar-refractivity contribution in [1.29, 1.82) is 0 Å². The highest BCUT2D eigenvalue weighted by Crippen LogP contribution is 2.26. The summed E-state index contributed by atoms with van der Waals surface area (Å²) < 4.78 is 39.1. The number of thioether (sulfide) groups is 1. The monoisotopic (exact) mass is 448 g/mol. The second kappa shape index (κ2) is 9.54. The van der Waals surface area contributed by atoms with Crippen LogP contribution in [0.4, 0.5) is 10.1 Å². The van der Waals surface area contributed by atoms with Gasteiger partial charge in [-0.2, -0.15) is 0 Å². The lowest BCUT2D eigenvalue weighted by Crippen LogP contribution is -2.24. The standard InChI is InChI=1S/C22H25FN2O3S2/c1-6-16-11-15(12-19(23)21(16)25-30(5,27)28)13-24-20(26)14-29-18-9-7-17(8-10-18)22(2,3)4/h1,7-12,25H,13-14H2,2-5H3,(H,24,26). The molecule has 0 unspecified atom stereocenters. The summed E-state index contributed by atoms with van der Waals surface area (Å²) in [5, 5.41) is 2.72. The van der Waals surface area contributed by atoms with Crippen molar-refractivity contribution < 1.29 is 17.6 Å². The van der Waals surface area contributed by atoms with E-state index in [9.17, 15) is 17.6 Å². The van der Waals surface area contributed by atoms with Gasteiger partial charge in [0.1, 0.15) is 5.82 Å². The van der Waals surface area contributed by atoms with Crippen LogP contribution in [0.25, 0.3) is 0 Å². The van der Waals surface area contributed by atoms with E-state index < -0.39 is 15.8 Å². The van der Waals surface area contributed by atoms with Crippen molar-refractivity contribution in [2.45, 2.75) is 37.6 Å². The van der Waals surface area contributed by atoms with Crippen molar-refractivity contribution in [2.24, 2.45) is 0 Å². The minimum Gasteiger partial charge on any atom is -0.351 e. The number of rotatable bonds is 7. The summed E-state index contributed by atoms with van der Waals surface area (Å²) in [5.41, 5.74) is 1.52. The molecule has 0 aromatic heterocycles. The number of carbonyl (C=O) groups is 1. The van der Waals surface area contributed by atoms with Crippen LogP contribution < -0.4 is 10.0 Å². The molecule has 0 spiro atoms. The van der Waals surface area contributed by atoms with Crippen LogP contribution in [0.2, 0.25) is 0 Å². The Kier molecular flexibility index (Phi) is 7.56. The van der Waals surface area contributed by atoms with E-state index in [0.717, 1.165) is 17.2 Å². The normalized spacial score (nSPS) is 11.6. The zero-order valence-corrected chi connectivity index (χ0v) is 19.0. The van der Waals surface area contributed by atoms with Crippen molar-refractivity contribution in [3.63, 3.8) is 0 Å². The Labute approximate surface area is 181 Å². The summed E-state index contributed by atoms with van der Waals surface area (Å²) in [5.74, 6) is 1.48. The topological polar surface area (TPSA) is 75.3 Å². The summed E-state index contributed by atoms with van der Waals surface area (Å²) in [6.07, 6.45) is 6.28. The van der Waals surface area contributed by atoms with Crippen LogP contribution in [0.3, 0.4) is 0 Å². The largest absolute Gasteiger partial charge is 0.351 e. The Bertz CT molecular complexity index is 1070. The number of amides is 1. The lowest BCUT2D eigenvalue weighted by Gasteiger charge is -2.19. The molecule has 0 bridgehead atoms. The van der Waals surface area contributed by atoms with Gasteiger partial charge in [-0.1, -0.05) is 38.8 Å². The maximum atomic E-state index is 14.3. The SMILES string of the molecule is C#Cc1cc(CNC(=O)CSc2ccc(C(C)(C)C)cc2)cc(F)c1NS(C)(=O)=O. The van der Waals surface area contributed by atoms with E-state index in [1.807, 2.05) is 12.1 Å². The first-order valence-electron chi connectivity index (χ1n) is 9.16. The number of benzene rings is 2. The molecule has 2 aromatic carbocycles. The first kappa shape index (κ1) is 23.8. The Hall–Kier alpha value is -2.50. The number of nitrogens with one attached hydrogen (secondary N) is 2. The fourth-order valence-corrected chi connectivity index (χ4v) is 3.93. The predicted octanol–water partition coefficient (Wildman–Crippen LogP) is 3.88. The molecule has 1 amide bonds. The van der Waals surface area contributed by atoms with Crippen molar-refractivity contribution in [3.8, 4) is 12.3 Å². The summed E-state index contributed by atoms with van der Waals surface area (Å²) in [4.78, 5) is 13.1. The van der Waals surface area contributed by atoms with Gasteiger partial charge in [-0.25, -0.2) is 12.8 Å². The first-order chi connectivity index (χ1) is 13.9. The maximum absolute atomic E-state index is 14.3. The van der Waals surface area contributed by atoms with E-state index in [1.54, 1.807) is 0 Å². The van der Waals surface area contributed by atoms with Crippen LogP contribution >= 0.6 is 11.8 Å². The second-order valence-electron chi connectivity index (χ2n) is 7.86. The van der Waals surface area contributed by atoms with Crippen LogP contribution in [0.1, 0.15) is 37.5 Å². The molecule has 0 atom stereocenters. The molecule has 0 saturated carbocycles. The molecule has 160 valence electrons. The van der Waals surface area contributed by atoms with Gasteiger partial charge in [0.05, 0.1) is 23.3 Å². The quantitative estimate of drug-likeness (QED) is 0.498. The van der Waals surface area contributed by atoms with E-state index >= 15 is 0 Å². The van der Waals surface area contributed by atoms with Crippen LogP contribution in [0.15, 0.2) is 41.3 Å². The van der Waals surface area contributed by atoms with Gasteiger partial charge in [-0.3, -0.25) is 9.52 Å². The highest BCUT2D eigenvalue weighted by Gasteiger charge is 2.15. The molecule has 2 rings (SSSR count). The fraction of sp³-hybridized carbons (Fsp3) is 0.318. The molecule has 0 heterocycles. The number of terminal acetylenes is 1. The number of sulfonamides is 1. The number of carbonyl (C=O) groups excluding carboxylic acids is 1. The highest BCUT2D eigenvalue weighted by molar-refractivity contribution is 8.00. The maximum Gasteiger partial charge on any atom is 0.230 e. The van der Waals surface area contributed by atoms with Gasteiger partial charge in [0.2, 0.25) is 15.9 Å². The van der Waals surface area contributed by atoms with Crippen LogP contribution in [-0.2, 0) is 26.8 Å². The van der Waals surface area contributed by atoms with Gasteiger partial charge >= 0.3 is 0 Å². The summed E-state index contributed by atoms with van der Waals surface area (Å²) >= 11 is 1.41. The van der Waals surface area contributed by atoms with E-state index in [0.29, 0.717) is 5.56 Å². The van der Waals surface area contributed by atoms with Crippen LogP contribution in [-0.4, -0.2) is 26.3 Å². The Morgan fingerprint density at radius 2 is 1.83 bits per heavy atom. The second-order valence-corrected chi connectivity index (χ2v) is 10.7. The molecule has 0 aliphatic carbocycles. The zero-order valence-electron chi connectivity index (χ0n) is 17.4. The Balaban J connectivity index is 1.96. The molecule has 0 aliphatic heterocycles. The third kappa shape index (κ3) is 7.08. The lowest BCUT2D eigenvalue weighted by molar-refractivity contribution is -0.118. The van der Waals surface area contributed by atoms with E-state index in [2.05, 4.69) is 48.9 Å². The molecular formula is C22H25FN2O3S2. The van der Waals surface area contributed by atoms with Crippen LogP contribution in [0.5, 0.6) is 0 Å². The van der Waals surface area contributed by atoms with Gasteiger partial charge in [-0.15, -0.1) is 18.2 Å². The number of halogens is 1. The molecule has 2 aromatic rings. The van der Waals surface area contributed by atoms with Crippen molar-refractivity contribution >= 4 is 33.4 Å². The van der Waals surface area contributed by atoms with Gasteiger partial charge in [0.15, 0.2) is 0 Å². The van der Waals surface area contributed by atoms with Gasteiger partial charge in [0, 0.05) is 11.4 Å². The number of hydrogen-bond donors (Lipinski definition) is 2. The number of anilines is 1. The van der Waals surface area contributed by atoms with E-state index in [1.165, 1.54) is 23.4 Å². The molecule has 2 N–H and O–H groups in total. The Morgan fingerprint density at radius 3 is 2.37 bits per heavy atom. The lowest BCUT2D eigenvalue weighted by atomic mass is 9.87. The van der Waals surface area contributed by atoms with Crippen molar-refractivity contribution in [3.05, 3.63) is 58.9 Å². The van der Waals surface area contributed by atoms with Gasteiger partial charge < -0.3 is 5.32 Å². The molecule has 0 radical (unpaired) electrons. The molecular weight excluding hydrogens is 423 g/mol.